The Morgan fingerprint density at radius 3 is 2.50 bits per heavy atom. The summed E-state index contributed by atoms with van der Waals surface area (Å²) in [6.45, 7) is 1.31. The molecule has 2 N–H and O–H groups in total. The number of nitrogens with one attached hydrogen (secondary N) is 2. The summed E-state index contributed by atoms with van der Waals surface area (Å²) < 4.78 is 27.9. The van der Waals surface area contributed by atoms with E-state index >= 15 is 0 Å². The van der Waals surface area contributed by atoms with E-state index in [-0.39, 0.29) is 18.3 Å². The Kier molecular flexibility index (Phi) is 4.97. The number of hydrogen-bond donors (Lipinski definition) is 2. The van der Waals surface area contributed by atoms with Crippen molar-refractivity contribution in [1.82, 2.24) is 20.4 Å². The summed E-state index contributed by atoms with van der Waals surface area (Å²) in [5.41, 5.74) is 0.777. The zero-order valence-corrected chi connectivity index (χ0v) is 15.2. The van der Waals surface area contributed by atoms with Gasteiger partial charge in [0, 0.05) is 25.8 Å². The topological polar surface area (TPSA) is 81.3 Å². The van der Waals surface area contributed by atoms with Gasteiger partial charge in [0.2, 0.25) is 5.91 Å². The highest BCUT2D eigenvalue weighted by molar-refractivity contribution is 6.01. The van der Waals surface area contributed by atoms with Crippen LogP contribution in [-0.4, -0.2) is 52.7 Å². The number of nitrogens with zero attached hydrogens (tertiary/aromatic N) is 3. The molecule has 2 aliphatic heterocycles. The molecule has 1 aromatic carbocycles. The number of hydrogen-bond acceptors (Lipinski definition) is 3. The highest BCUT2D eigenvalue weighted by Gasteiger charge is 2.37. The van der Waals surface area contributed by atoms with Gasteiger partial charge in [-0.3, -0.25) is 9.89 Å². The summed E-state index contributed by atoms with van der Waals surface area (Å²) in [6, 6.07) is 2.38. The van der Waals surface area contributed by atoms with Crippen molar-refractivity contribution in [3.05, 3.63) is 47.8 Å². The van der Waals surface area contributed by atoms with E-state index < -0.39 is 23.6 Å². The smallest absolute Gasteiger partial charge is 0.318 e. The minimum absolute atomic E-state index is 0.157. The van der Waals surface area contributed by atoms with Crippen molar-refractivity contribution < 1.29 is 18.4 Å². The van der Waals surface area contributed by atoms with Gasteiger partial charge in [0.15, 0.2) is 0 Å². The van der Waals surface area contributed by atoms with Crippen molar-refractivity contribution in [2.45, 2.75) is 31.2 Å². The molecule has 2 saturated heterocycles. The van der Waals surface area contributed by atoms with Crippen LogP contribution in [0.5, 0.6) is 0 Å². The van der Waals surface area contributed by atoms with Crippen LogP contribution in [0.2, 0.25) is 0 Å². The number of benzene rings is 1. The second-order valence-corrected chi connectivity index (χ2v) is 7.14. The SMILES string of the molecule is O=C(NC1CCN(c2c(F)cccc2F)C1=O)N1CCC(c2cn[nH]c2)CC1. The Labute approximate surface area is 160 Å². The first-order valence-electron chi connectivity index (χ1n) is 9.34. The molecule has 0 aliphatic carbocycles. The van der Waals surface area contributed by atoms with Crippen LogP contribution >= 0.6 is 0 Å². The maximum Gasteiger partial charge on any atom is 0.318 e. The third-order valence-corrected chi connectivity index (χ3v) is 5.48. The van der Waals surface area contributed by atoms with E-state index in [9.17, 15) is 18.4 Å². The number of carbonyl (C=O) groups excluding carboxylic acids is 2. The largest absolute Gasteiger partial charge is 0.326 e. The van der Waals surface area contributed by atoms with Gasteiger partial charge in [-0.2, -0.15) is 5.10 Å². The molecule has 1 unspecified atom stereocenters. The molecule has 0 radical (unpaired) electrons. The first kappa shape index (κ1) is 18.4. The number of aromatic nitrogens is 2. The van der Waals surface area contributed by atoms with Crippen LogP contribution in [0.3, 0.4) is 0 Å². The molecule has 7 nitrogen and oxygen atoms in total. The van der Waals surface area contributed by atoms with E-state index in [4.69, 9.17) is 0 Å². The Morgan fingerprint density at radius 2 is 1.86 bits per heavy atom. The Morgan fingerprint density at radius 1 is 1.14 bits per heavy atom. The van der Waals surface area contributed by atoms with Crippen LogP contribution in [0.25, 0.3) is 0 Å². The quantitative estimate of drug-likeness (QED) is 0.846. The number of piperidine rings is 1. The average molecular weight is 389 g/mol. The Bertz CT molecular complexity index is 845. The molecule has 0 bridgehead atoms. The zero-order chi connectivity index (χ0) is 19.7. The van der Waals surface area contributed by atoms with E-state index in [1.807, 2.05) is 6.20 Å². The number of urea groups is 1. The fourth-order valence-electron chi connectivity index (χ4n) is 3.92. The lowest BCUT2D eigenvalue weighted by molar-refractivity contribution is -0.118. The lowest BCUT2D eigenvalue weighted by Crippen LogP contribution is -2.50. The molecule has 28 heavy (non-hydrogen) atoms. The number of aromatic amines is 1. The Hall–Kier alpha value is -2.97. The fourth-order valence-corrected chi connectivity index (χ4v) is 3.92. The van der Waals surface area contributed by atoms with Crippen molar-refractivity contribution in [3.63, 3.8) is 0 Å². The van der Waals surface area contributed by atoms with Crippen LogP contribution < -0.4 is 10.2 Å². The lowest BCUT2D eigenvalue weighted by Gasteiger charge is -2.32. The number of para-hydroxylation sites is 1. The van der Waals surface area contributed by atoms with Crippen molar-refractivity contribution in [3.8, 4) is 0 Å². The fraction of sp³-hybridized carbons (Fsp3) is 0.421. The number of carbonyl (C=O) groups is 2. The van der Waals surface area contributed by atoms with E-state index in [0.29, 0.717) is 25.4 Å². The molecule has 3 amide bonds. The highest BCUT2D eigenvalue weighted by Crippen LogP contribution is 2.29. The summed E-state index contributed by atoms with van der Waals surface area (Å²) in [4.78, 5) is 27.9. The summed E-state index contributed by atoms with van der Waals surface area (Å²) in [7, 11) is 0. The number of H-pyrrole nitrogens is 1. The van der Waals surface area contributed by atoms with Crippen LogP contribution in [0, 0.1) is 11.6 Å². The van der Waals surface area contributed by atoms with Crippen molar-refractivity contribution >= 4 is 17.6 Å². The van der Waals surface area contributed by atoms with Gasteiger partial charge < -0.3 is 15.1 Å². The third-order valence-electron chi connectivity index (χ3n) is 5.48. The van der Waals surface area contributed by atoms with Gasteiger partial charge in [0.1, 0.15) is 23.4 Å². The van der Waals surface area contributed by atoms with Gasteiger partial charge >= 0.3 is 6.03 Å². The number of rotatable bonds is 3. The molecule has 1 aromatic heterocycles. The van der Waals surface area contributed by atoms with Gasteiger partial charge in [0.25, 0.3) is 0 Å². The first-order chi connectivity index (χ1) is 13.5. The maximum absolute atomic E-state index is 14.0. The number of amides is 3. The average Bonchev–Trinajstić information content (AvgIpc) is 3.34. The van der Waals surface area contributed by atoms with E-state index in [1.165, 1.54) is 6.07 Å². The zero-order valence-electron chi connectivity index (χ0n) is 15.2. The van der Waals surface area contributed by atoms with Gasteiger partial charge in [-0.05, 0) is 42.9 Å². The molecule has 0 saturated carbocycles. The second kappa shape index (κ2) is 7.57. The summed E-state index contributed by atoms with van der Waals surface area (Å²) in [6.07, 6.45) is 5.61. The van der Waals surface area contributed by atoms with Crippen molar-refractivity contribution in [2.24, 2.45) is 0 Å². The van der Waals surface area contributed by atoms with E-state index in [2.05, 4.69) is 15.5 Å². The van der Waals surface area contributed by atoms with Crippen LogP contribution in [0.15, 0.2) is 30.6 Å². The van der Waals surface area contributed by atoms with E-state index in [1.54, 1.807) is 11.1 Å². The molecule has 2 aromatic rings. The lowest BCUT2D eigenvalue weighted by atomic mass is 9.92. The van der Waals surface area contributed by atoms with Gasteiger partial charge in [-0.1, -0.05) is 6.07 Å². The summed E-state index contributed by atoms with van der Waals surface area (Å²) >= 11 is 0. The summed E-state index contributed by atoms with van der Waals surface area (Å²) in [5.74, 6) is -1.72. The van der Waals surface area contributed by atoms with Crippen LogP contribution in [0.4, 0.5) is 19.3 Å². The van der Waals surface area contributed by atoms with Crippen LogP contribution in [0.1, 0.15) is 30.7 Å². The van der Waals surface area contributed by atoms with Gasteiger partial charge in [-0.25, -0.2) is 13.6 Å². The molecule has 148 valence electrons. The number of likely N-dealkylation sites (tertiary alicyclic amines) is 1. The predicted octanol–water partition coefficient (Wildman–Crippen LogP) is 2.38. The predicted molar refractivity (Wildman–Crippen MR) is 97.8 cm³/mol. The maximum atomic E-state index is 14.0. The minimum atomic E-state index is -0.790. The Balaban J connectivity index is 1.35. The van der Waals surface area contributed by atoms with Crippen molar-refractivity contribution in [1.29, 1.82) is 0 Å². The monoisotopic (exact) mass is 389 g/mol. The molecule has 0 spiro atoms. The standard InChI is InChI=1S/C19H21F2N5O2/c20-14-2-1-3-15(21)17(14)26-9-6-16(18(26)27)24-19(28)25-7-4-12(5-8-25)13-10-22-23-11-13/h1-3,10-12,16H,4-9H2,(H,22,23)(H,24,28). The minimum Gasteiger partial charge on any atom is -0.326 e. The first-order valence-corrected chi connectivity index (χ1v) is 9.34. The molecule has 9 heteroatoms. The number of halogens is 2. The summed E-state index contributed by atoms with van der Waals surface area (Å²) in [5, 5.41) is 9.48. The normalized spacial score (nSPS) is 20.6. The molecule has 1 atom stereocenters. The molecule has 3 heterocycles. The second-order valence-electron chi connectivity index (χ2n) is 7.14. The van der Waals surface area contributed by atoms with E-state index in [0.717, 1.165) is 35.4 Å². The van der Waals surface area contributed by atoms with Crippen LogP contribution in [-0.2, 0) is 4.79 Å². The molecule has 2 aliphatic rings. The van der Waals surface area contributed by atoms with Crippen molar-refractivity contribution in [2.75, 3.05) is 24.5 Å². The number of anilines is 1. The molecule has 4 rings (SSSR count). The van der Waals surface area contributed by atoms with Gasteiger partial charge in [0.05, 0.1) is 6.20 Å². The van der Waals surface area contributed by atoms with Gasteiger partial charge in [-0.15, -0.1) is 0 Å². The molecular weight excluding hydrogens is 368 g/mol. The molecular formula is C19H21F2N5O2. The third kappa shape index (κ3) is 3.44. The molecule has 2 fully saturated rings. The highest BCUT2D eigenvalue weighted by atomic mass is 19.1.